The number of fused-ring (bicyclic) bond motifs is 1. The molecule has 0 fully saturated rings. The number of carbonyl (C=O) groups excluding carboxylic acids is 1. The molecule has 3 rings (SSSR count). The normalized spacial score (nSPS) is 14.0. The first-order chi connectivity index (χ1) is 12.9. The van der Waals surface area contributed by atoms with Crippen molar-refractivity contribution in [2.24, 2.45) is 0 Å². The number of alkyl halides is 3. The molecule has 0 atom stereocenters. The van der Waals surface area contributed by atoms with Crippen LogP contribution < -0.4 is 10.1 Å². The fourth-order valence-electron chi connectivity index (χ4n) is 3.05. The van der Waals surface area contributed by atoms with Crippen LogP contribution >= 0.6 is 0 Å². The Bertz CT molecular complexity index is 804. The Kier molecular flexibility index (Phi) is 5.70. The third-order valence-corrected chi connectivity index (χ3v) is 4.55. The van der Waals surface area contributed by atoms with Crippen LogP contribution in [0.3, 0.4) is 0 Å². The van der Waals surface area contributed by atoms with Gasteiger partial charge in [0, 0.05) is 26.1 Å². The third kappa shape index (κ3) is 4.80. The molecule has 2 aromatic rings. The molecule has 144 valence electrons. The highest BCUT2D eigenvalue weighted by Gasteiger charge is 2.30. The van der Waals surface area contributed by atoms with Gasteiger partial charge in [0.2, 0.25) is 5.91 Å². The molecule has 1 N–H and O–H groups in total. The summed E-state index contributed by atoms with van der Waals surface area (Å²) in [4.78, 5) is 14.0. The van der Waals surface area contributed by atoms with Gasteiger partial charge in [0.25, 0.3) is 0 Å². The first-order valence-electron chi connectivity index (χ1n) is 8.76. The van der Waals surface area contributed by atoms with Gasteiger partial charge >= 0.3 is 6.18 Å². The number of benzene rings is 2. The van der Waals surface area contributed by atoms with E-state index in [1.165, 1.54) is 12.1 Å². The maximum Gasteiger partial charge on any atom is 0.416 e. The minimum atomic E-state index is -4.37. The zero-order valence-electron chi connectivity index (χ0n) is 15.0. The first kappa shape index (κ1) is 19.2. The number of nitrogens with zero attached hydrogens (tertiary/aromatic N) is 1. The lowest BCUT2D eigenvalue weighted by Gasteiger charge is -2.29. The Hall–Kier alpha value is -2.54. The van der Waals surface area contributed by atoms with Gasteiger partial charge in [-0.15, -0.1) is 0 Å². The summed E-state index contributed by atoms with van der Waals surface area (Å²) >= 11 is 0. The summed E-state index contributed by atoms with van der Waals surface area (Å²) in [5.74, 6) is 0.975. The number of carbonyl (C=O) groups is 1. The summed E-state index contributed by atoms with van der Waals surface area (Å²) < 4.78 is 43.6. The number of hydrogen-bond donors (Lipinski definition) is 1. The second-order valence-electron chi connectivity index (χ2n) is 6.47. The quantitative estimate of drug-likeness (QED) is 0.855. The summed E-state index contributed by atoms with van der Waals surface area (Å²) in [6.45, 7) is 1.84. The molecule has 0 saturated heterocycles. The lowest BCUT2D eigenvalue weighted by Crippen LogP contribution is -2.37. The number of ether oxygens (including phenoxy) is 1. The van der Waals surface area contributed by atoms with E-state index < -0.39 is 11.7 Å². The number of hydrogen-bond acceptors (Lipinski definition) is 3. The van der Waals surface area contributed by atoms with E-state index in [0.717, 1.165) is 29.7 Å². The average Bonchev–Trinajstić information content (AvgIpc) is 2.65. The van der Waals surface area contributed by atoms with Crippen LogP contribution in [0.15, 0.2) is 42.5 Å². The van der Waals surface area contributed by atoms with Crippen molar-refractivity contribution in [1.82, 2.24) is 10.2 Å². The van der Waals surface area contributed by atoms with Crippen molar-refractivity contribution in [3.05, 3.63) is 59.2 Å². The highest BCUT2D eigenvalue weighted by molar-refractivity contribution is 5.76. The van der Waals surface area contributed by atoms with Crippen LogP contribution in [0.5, 0.6) is 11.5 Å². The van der Waals surface area contributed by atoms with E-state index in [0.29, 0.717) is 37.6 Å². The molecule has 0 aliphatic carbocycles. The van der Waals surface area contributed by atoms with E-state index in [1.54, 1.807) is 6.07 Å². The molecular formula is C20H21F3N2O2. The Morgan fingerprint density at radius 2 is 1.81 bits per heavy atom. The van der Waals surface area contributed by atoms with Gasteiger partial charge in [0.1, 0.15) is 11.5 Å². The molecule has 4 nitrogen and oxygen atoms in total. The topological polar surface area (TPSA) is 41.6 Å². The third-order valence-electron chi connectivity index (χ3n) is 4.55. The first-order valence-corrected chi connectivity index (χ1v) is 8.76. The van der Waals surface area contributed by atoms with Crippen molar-refractivity contribution in [3.63, 3.8) is 0 Å². The predicted octanol–water partition coefficient (Wildman–Crippen LogP) is 3.99. The lowest BCUT2D eigenvalue weighted by atomic mass is 9.99. The molecule has 0 aromatic heterocycles. The van der Waals surface area contributed by atoms with Crippen molar-refractivity contribution in [2.45, 2.75) is 25.6 Å². The van der Waals surface area contributed by atoms with Crippen molar-refractivity contribution >= 4 is 5.91 Å². The smallest absolute Gasteiger partial charge is 0.416 e. The number of amides is 1. The summed E-state index contributed by atoms with van der Waals surface area (Å²) in [6, 6.07) is 10.2. The van der Waals surface area contributed by atoms with Crippen LogP contribution in [-0.2, 0) is 23.9 Å². The molecule has 7 heteroatoms. The zero-order chi connectivity index (χ0) is 19.4. The van der Waals surface area contributed by atoms with Crippen LogP contribution in [-0.4, -0.2) is 30.9 Å². The Labute approximate surface area is 155 Å². The second kappa shape index (κ2) is 8.00. The standard InChI is InChI=1S/C20H21F3N2O2/c1-24-10-8-19(26)25-11-9-14-2-5-18(12-15(14)13-25)27-17-6-3-16(4-7-17)20(21,22)23/h2-7,12,24H,8-11,13H2,1H3. The minimum Gasteiger partial charge on any atom is -0.457 e. The molecular weight excluding hydrogens is 357 g/mol. The molecule has 1 amide bonds. The molecule has 0 radical (unpaired) electrons. The molecule has 1 aliphatic heterocycles. The molecule has 2 aromatic carbocycles. The molecule has 0 saturated carbocycles. The van der Waals surface area contributed by atoms with Gasteiger partial charge in [0.15, 0.2) is 0 Å². The van der Waals surface area contributed by atoms with Gasteiger partial charge < -0.3 is 15.0 Å². The minimum absolute atomic E-state index is 0.101. The van der Waals surface area contributed by atoms with E-state index in [2.05, 4.69) is 5.32 Å². The average molecular weight is 378 g/mol. The lowest BCUT2D eigenvalue weighted by molar-refractivity contribution is -0.137. The molecule has 0 bridgehead atoms. The van der Waals surface area contributed by atoms with Crippen molar-refractivity contribution < 1.29 is 22.7 Å². The molecule has 1 heterocycles. The van der Waals surface area contributed by atoms with E-state index in [-0.39, 0.29) is 5.91 Å². The van der Waals surface area contributed by atoms with Gasteiger partial charge in [-0.25, -0.2) is 0 Å². The van der Waals surface area contributed by atoms with Gasteiger partial charge in [-0.1, -0.05) is 6.07 Å². The Morgan fingerprint density at radius 1 is 1.11 bits per heavy atom. The highest BCUT2D eigenvalue weighted by Crippen LogP contribution is 2.32. The molecule has 0 unspecified atom stereocenters. The molecule has 1 aliphatic rings. The number of nitrogens with one attached hydrogen (secondary N) is 1. The van der Waals surface area contributed by atoms with Crippen LogP contribution in [0, 0.1) is 0 Å². The van der Waals surface area contributed by atoms with E-state index in [4.69, 9.17) is 4.74 Å². The van der Waals surface area contributed by atoms with Gasteiger partial charge in [-0.05, 0) is 61.0 Å². The van der Waals surface area contributed by atoms with Crippen LogP contribution in [0.25, 0.3) is 0 Å². The molecule has 0 spiro atoms. The number of halogens is 3. The summed E-state index contributed by atoms with van der Waals surface area (Å²) in [6.07, 6.45) is -3.14. The van der Waals surface area contributed by atoms with Gasteiger partial charge in [-0.2, -0.15) is 13.2 Å². The summed E-state index contributed by atoms with van der Waals surface area (Å²) in [5.41, 5.74) is 1.45. The fourth-order valence-corrected chi connectivity index (χ4v) is 3.05. The summed E-state index contributed by atoms with van der Waals surface area (Å²) in [7, 11) is 1.81. The highest BCUT2D eigenvalue weighted by atomic mass is 19.4. The monoisotopic (exact) mass is 378 g/mol. The SMILES string of the molecule is CNCCC(=O)N1CCc2ccc(Oc3ccc(C(F)(F)F)cc3)cc2C1. The van der Waals surface area contributed by atoms with Gasteiger partial charge in [0.05, 0.1) is 5.56 Å². The largest absolute Gasteiger partial charge is 0.457 e. The van der Waals surface area contributed by atoms with Crippen LogP contribution in [0.1, 0.15) is 23.1 Å². The second-order valence-corrected chi connectivity index (χ2v) is 6.47. The molecule has 27 heavy (non-hydrogen) atoms. The van der Waals surface area contributed by atoms with Crippen molar-refractivity contribution in [3.8, 4) is 11.5 Å². The van der Waals surface area contributed by atoms with E-state index in [9.17, 15) is 18.0 Å². The van der Waals surface area contributed by atoms with Crippen LogP contribution in [0.4, 0.5) is 13.2 Å². The van der Waals surface area contributed by atoms with Crippen molar-refractivity contribution in [1.29, 1.82) is 0 Å². The Balaban J connectivity index is 1.70. The van der Waals surface area contributed by atoms with Crippen molar-refractivity contribution in [2.75, 3.05) is 20.1 Å². The number of rotatable bonds is 5. The Morgan fingerprint density at radius 3 is 2.48 bits per heavy atom. The van der Waals surface area contributed by atoms with E-state index in [1.807, 2.05) is 24.1 Å². The summed E-state index contributed by atoms with van der Waals surface area (Å²) in [5, 5.41) is 2.97. The maximum atomic E-state index is 12.6. The maximum absolute atomic E-state index is 12.6. The predicted molar refractivity (Wildman–Crippen MR) is 95.6 cm³/mol. The fraction of sp³-hybridized carbons (Fsp3) is 0.350. The van der Waals surface area contributed by atoms with Gasteiger partial charge in [-0.3, -0.25) is 4.79 Å². The van der Waals surface area contributed by atoms with Crippen LogP contribution in [0.2, 0.25) is 0 Å². The van der Waals surface area contributed by atoms with E-state index >= 15 is 0 Å². The zero-order valence-corrected chi connectivity index (χ0v) is 15.0.